The van der Waals surface area contributed by atoms with Crippen LogP contribution in [0.15, 0.2) is 36.4 Å². The number of rotatable bonds is 6. The molecule has 3 aromatic rings. The minimum Gasteiger partial charge on any atom is -0.493 e. The zero-order chi connectivity index (χ0) is 22.2. The van der Waals surface area contributed by atoms with Crippen LogP contribution in [0.4, 0.5) is 10.1 Å². The number of nitrogens with zero attached hydrogens (tertiary/aromatic N) is 3. The summed E-state index contributed by atoms with van der Waals surface area (Å²) in [4.78, 5) is 17.5. The number of carbonyl (C=O) groups is 1. The fourth-order valence-electron chi connectivity index (χ4n) is 4.87. The lowest BCUT2D eigenvalue weighted by atomic mass is 10.1. The van der Waals surface area contributed by atoms with Crippen LogP contribution in [0.3, 0.4) is 0 Å². The van der Waals surface area contributed by atoms with Crippen LogP contribution in [0.5, 0.6) is 11.5 Å². The van der Waals surface area contributed by atoms with Crippen LogP contribution in [0.2, 0.25) is 0 Å². The largest absolute Gasteiger partial charge is 0.493 e. The maximum atomic E-state index is 13.9. The van der Waals surface area contributed by atoms with Crippen molar-refractivity contribution in [2.24, 2.45) is 7.05 Å². The quantitative estimate of drug-likeness (QED) is 0.575. The first-order valence-electron chi connectivity index (χ1n) is 11.2. The third-order valence-electron chi connectivity index (χ3n) is 6.62. The number of likely N-dealkylation sites (tertiary alicyclic amines) is 1. The number of aryl methyl sites for hydroxylation is 1. The van der Waals surface area contributed by atoms with E-state index < -0.39 is 0 Å². The van der Waals surface area contributed by atoms with Crippen molar-refractivity contribution in [1.82, 2.24) is 9.47 Å². The standard InChI is InChI=1S/C25H28FN3O3/c1-27-20-8-6-17(26)14-19(20)24-21(27)16-29(25(24)30)18-7-9-22(31-2)23(15-18)32-13-12-28-10-4-3-5-11-28/h6-9,14-15H,3-5,10-13,16H2,1-2H3. The van der Waals surface area contributed by atoms with Crippen LogP contribution >= 0.6 is 0 Å². The van der Waals surface area contributed by atoms with Gasteiger partial charge in [-0.05, 0) is 56.3 Å². The highest BCUT2D eigenvalue weighted by atomic mass is 19.1. The second-order valence-corrected chi connectivity index (χ2v) is 8.52. The van der Waals surface area contributed by atoms with Gasteiger partial charge in [-0.1, -0.05) is 6.42 Å². The Morgan fingerprint density at radius 3 is 2.62 bits per heavy atom. The van der Waals surface area contributed by atoms with Gasteiger partial charge in [-0.25, -0.2) is 4.39 Å². The molecule has 3 heterocycles. The normalized spacial score (nSPS) is 16.6. The number of ether oxygens (including phenoxy) is 2. The number of benzene rings is 2. The minimum atomic E-state index is -0.342. The molecule has 5 rings (SSSR count). The molecule has 7 heteroatoms. The van der Waals surface area contributed by atoms with Gasteiger partial charge in [0.2, 0.25) is 0 Å². The summed E-state index contributed by atoms with van der Waals surface area (Å²) in [5.41, 5.74) is 3.06. The highest BCUT2D eigenvalue weighted by Crippen LogP contribution is 2.38. The van der Waals surface area contributed by atoms with Crippen LogP contribution in [0.1, 0.15) is 35.3 Å². The van der Waals surface area contributed by atoms with E-state index in [9.17, 15) is 9.18 Å². The van der Waals surface area contributed by atoms with Crippen molar-refractivity contribution in [1.29, 1.82) is 0 Å². The molecular weight excluding hydrogens is 409 g/mol. The van der Waals surface area contributed by atoms with E-state index in [0.717, 1.165) is 36.5 Å². The zero-order valence-electron chi connectivity index (χ0n) is 18.6. The molecule has 0 saturated carbocycles. The molecule has 0 spiro atoms. The van der Waals surface area contributed by atoms with Crippen molar-refractivity contribution in [3.05, 3.63) is 53.5 Å². The molecule has 0 atom stereocenters. The highest BCUT2D eigenvalue weighted by Gasteiger charge is 2.34. The van der Waals surface area contributed by atoms with Crippen LogP contribution < -0.4 is 14.4 Å². The first-order chi connectivity index (χ1) is 15.6. The van der Waals surface area contributed by atoms with Gasteiger partial charge in [0.05, 0.1) is 24.9 Å². The summed E-state index contributed by atoms with van der Waals surface area (Å²) in [5.74, 6) is 0.803. The van der Waals surface area contributed by atoms with Gasteiger partial charge >= 0.3 is 0 Å². The Bertz CT molecular complexity index is 1170. The average molecular weight is 438 g/mol. The van der Waals surface area contributed by atoms with Crippen LogP contribution in [0.25, 0.3) is 10.9 Å². The molecule has 1 aromatic heterocycles. The summed E-state index contributed by atoms with van der Waals surface area (Å²) in [5, 5.41) is 0.654. The second kappa shape index (κ2) is 8.47. The Morgan fingerprint density at radius 2 is 1.84 bits per heavy atom. The highest BCUT2D eigenvalue weighted by molar-refractivity contribution is 6.18. The molecule has 0 radical (unpaired) electrons. The number of anilines is 1. The number of methoxy groups -OCH3 is 1. The van der Waals surface area contributed by atoms with E-state index in [-0.39, 0.29) is 11.7 Å². The number of carbonyl (C=O) groups excluding carboxylic acids is 1. The molecule has 2 aromatic carbocycles. The van der Waals surface area contributed by atoms with Crippen LogP contribution in [-0.4, -0.2) is 48.7 Å². The summed E-state index contributed by atoms with van der Waals surface area (Å²) in [7, 11) is 3.53. The maximum absolute atomic E-state index is 13.9. The van der Waals surface area contributed by atoms with E-state index in [4.69, 9.17) is 9.47 Å². The third-order valence-corrected chi connectivity index (χ3v) is 6.62. The summed E-state index contributed by atoms with van der Waals surface area (Å²) in [6.45, 7) is 4.11. The third kappa shape index (κ3) is 3.60. The summed E-state index contributed by atoms with van der Waals surface area (Å²) in [6.07, 6.45) is 3.80. The fraction of sp³-hybridized carbons (Fsp3) is 0.400. The molecular formula is C25H28FN3O3. The summed E-state index contributed by atoms with van der Waals surface area (Å²) in [6, 6.07) is 10.2. The zero-order valence-corrected chi connectivity index (χ0v) is 18.6. The first-order valence-corrected chi connectivity index (χ1v) is 11.2. The van der Waals surface area contributed by atoms with Crippen molar-refractivity contribution in [2.45, 2.75) is 25.8 Å². The average Bonchev–Trinajstić information content (AvgIpc) is 3.29. The van der Waals surface area contributed by atoms with Gasteiger partial charge in [0.1, 0.15) is 12.4 Å². The molecule has 0 N–H and O–H groups in total. The number of hydrogen-bond acceptors (Lipinski definition) is 4. The molecule has 2 aliphatic rings. The van der Waals surface area contributed by atoms with Gasteiger partial charge < -0.3 is 18.9 Å². The van der Waals surface area contributed by atoms with E-state index in [2.05, 4.69) is 4.90 Å². The predicted octanol–water partition coefficient (Wildman–Crippen LogP) is 4.35. The number of hydrogen-bond donors (Lipinski definition) is 0. The Balaban J connectivity index is 1.38. The van der Waals surface area contributed by atoms with E-state index in [1.54, 1.807) is 18.1 Å². The maximum Gasteiger partial charge on any atom is 0.261 e. The van der Waals surface area contributed by atoms with Crippen molar-refractivity contribution in [3.63, 3.8) is 0 Å². The Morgan fingerprint density at radius 1 is 1.03 bits per heavy atom. The number of halogens is 1. The lowest BCUT2D eigenvalue weighted by Crippen LogP contribution is -2.33. The molecule has 1 fully saturated rings. The van der Waals surface area contributed by atoms with Gasteiger partial charge in [0.15, 0.2) is 11.5 Å². The lowest BCUT2D eigenvalue weighted by Gasteiger charge is -2.26. The summed E-state index contributed by atoms with van der Waals surface area (Å²) >= 11 is 0. The molecule has 168 valence electrons. The molecule has 6 nitrogen and oxygen atoms in total. The van der Waals surface area contributed by atoms with E-state index in [1.807, 2.05) is 29.8 Å². The Hall–Kier alpha value is -3.06. The molecule has 0 unspecified atom stereocenters. The molecule has 0 bridgehead atoms. The van der Waals surface area contributed by atoms with Crippen molar-refractivity contribution >= 4 is 22.5 Å². The van der Waals surface area contributed by atoms with Gasteiger partial charge in [-0.15, -0.1) is 0 Å². The fourth-order valence-corrected chi connectivity index (χ4v) is 4.87. The van der Waals surface area contributed by atoms with Crippen molar-refractivity contribution in [3.8, 4) is 11.5 Å². The lowest BCUT2D eigenvalue weighted by molar-refractivity contribution is 0.0998. The minimum absolute atomic E-state index is 0.124. The van der Waals surface area contributed by atoms with Crippen LogP contribution in [0, 0.1) is 5.82 Å². The van der Waals surface area contributed by atoms with Crippen LogP contribution in [-0.2, 0) is 13.6 Å². The first kappa shape index (κ1) is 20.8. The van der Waals surface area contributed by atoms with Gasteiger partial charge in [0.25, 0.3) is 5.91 Å². The predicted molar refractivity (Wildman–Crippen MR) is 122 cm³/mol. The number of amides is 1. The van der Waals surface area contributed by atoms with E-state index in [0.29, 0.717) is 35.6 Å². The molecule has 1 saturated heterocycles. The molecule has 32 heavy (non-hydrogen) atoms. The van der Waals surface area contributed by atoms with Crippen molar-refractivity contribution < 1.29 is 18.7 Å². The smallest absolute Gasteiger partial charge is 0.261 e. The van der Waals surface area contributed by atoms with Gasteiger partial charge in [0, 0.05) is 36.2 Å². The molecule has 2 aliphatic heterocycles. The molecule has 0 aliphatic carbocycles. The van der Waals surface area contributed by atoms with Gasteiger partial charge in [-0.3, -0.25) is 9.69 Å². The topological polar surface area (TPSA) is 46.9 Å². The Labute approximate surface area is 187 Å². The second-order valence-electron chi connectivity index (χ2n) is 8.52. The summed E-state index contributed by atoms with van der Waals surface area (Å²) < 4.78 is 27.4. The Kier molecular flexibility index (Phi) is 5.51. The van der Waals surface area contributed by atoms with E-state index >= 15 is 0 Å². The SMILES string of the molecule is COc1ccc(N2Cc3c(c4cc(F)ccc4n3C)C2=O)cc1OCCN1CCCCC1. The number of aromatic nitrogens is 1. The van der Waals surface area contributed by atoms with Crippen molar-refractivity contribution in [2.75, 3.05) is 38.3 Å². The number of piperidine rings is 1. The molecule has 1 amide bonds. The van der Waals surface area contributed by atoms with Gasteiger partial charge in [-0.2, -0.15) is 0 Å². The van der Waals surface area contributed by atoms with E-state index in [1.165, 1.54) is 31.4 Å². The monoisotopic (exact) mass is 437 g/mol. The number of fused-ring (bicyclic) bond motifs is 3.